The molecule has 1 atom stereocenters. The molecule has 17 heavy (non-hydrogen) atoms. The number of hydrogen-bond donors (Lipinski definition) is 1. The molecule has 3 heteroatoms. The molecule has 0 aliphatic rings. The van der Waals surface area contributed by atoms with Crippen molar-refractivity contribution in [3.63, 3.8) is 0 Å². The highest BCUT2D eigenvalue weighted by Gasteiger charge is 2.10. The summed E-state index contributed by atoms with van der Waals surface area (Å²) >= 11 is 0. The van der Waals surface area contributed by atoms with Crippen molar-refractivity contribution in [3.05, 3.63) is 60.1 Å². The maximum atomic E-state index is 11.6. The van der Waals surface area contributed by atoms with Crippen molar-refractivity contribution in [3.8, 4) is 0 Å². The lowest BCUT2D eigenvalue weighted by Gasteiger charge is -2.12. The molecule has 0 unspecified atom stereocenters. The minimum atomic E-state index is -0.169. The zero-order valence-corrected chi connectivity index (χ0v) is 9.72. The lowest BCUT2D eigenvalue weighted by molar-refractivity contribution is 0.0924. The van der Waals surface area contributed by atoms with Crippen LogP contribution in [0, 0.1) is 0 Å². The normalized spacial score (nSPS) is 12.1. The van der Waals surface area contributed by atoms with E-state index < -0.39 is 0 Å². The Labute approximate surface area is 100 Å². The molecule has 0 aliphatic carbocycles. The van der Waals surface area contributed by atoms with Gasteiger partial charge in [0.05, 0.1) is 6.26 Å². The Morgan fingerprint density at radius 2 is 2.00 bits per heavy atom. The molecule has 0 bridgehead atoms. The van der Waals surface area contributed by atoms with Crippen molar-refractivity contribution >= 4 is 5.91 Å². The number of benzene rings is 1. The first kappa shape index (κ1) is 11.5. The molecule has 0 fully saturated rings. The van der Waals surface area contributed by atoms with E-state index in [9.17, 15) is 4.79 Å². The van der Waals surface area contributed by atoms with E-state index in [1.807, 2.05) is 18.2 Å². The van der Waals surface area contributed by atoms with E-state index in [1.165, 1.54) is 11.8 Å². The number of rotatable bonds is 4. The minimum Gasteiger partial charge on any atom is -0.459 e. The average Bonchev–Trinajstić information content (AvgIpc) is 2.90. The van der Waals surface area contributed by atoms with Crippen LogP contribution in [0.4, 0.5) is 0 Å². The van der Waals surface area contributed by atoms with Crippen molar-refractivity contribution in [2.24, 2.45) is 0 Å². The molecule has 2 rings (SSSR count). The SMILES string of the molecule is C[C@H](CNC(=O)c1ccco1)c1ccccc1. The van der Waals surface area contributed by atoms with Crippen LogP contribution in [0.1, 0.15) is 29.0 Å². The monoisotopic (exact) mass is 229 g/mol. The number of furan rings is 1. The first-order chi connectivity index (χ1) is 8.27. The van der Waals surface area contributed by atoms with Crippen LogP contribution in [-0.4, -0.2) is 12.5 Å². The summed E-state index contributed by atoms with van der Waals surface area (Å²) in [7, 11) is 0. The van der Waals surface area contributed by atoms with Gasteiger partial charge in [-0.15, -0.1) is 0 Å². The van der Waals surface area contributed by atoms with Crippen LogP contribution < -0.4 is 5.32 Å². The second kappa shape index (κ2) is 5.34. The van der Waals surface area contributed by atoms with E-state index in [-0.39, 0.29) is 11.8 Å². The maximum absolute atomic E-state index is 11.6. The summed E-state index contributed by atoms with van der Waals surface area (Å²) in [4.78, 5) is 11.6. The average molecular weight is 229 g/mol. The first-order valence-electron chi connectivity index (χ1n) is 5.64. The molecule has 0 radical (unpaired) electrons. The summed E-state index contributed by atoms with van der Waals surface area (Å²) < 4.78 is 5.02. The predicted molar refractivity (Wildman–Crippen MR) is 65.9 cm³/mol. The molecule has 1 aromatic carbocycles. The van der Waals surface area contributed by atoms with E-state index in [2.05, 4.69) is 24.4 Å². The Morgan fingerprint density at radius 3 is 2.65 bits per heavy atom. The van der Waals surface area contributed by atoms with Gasteiger partial charge in [0.15, 0.2) is 5.76 Å². The molecule has 0 saturated carbocycles. The summed E-state index contributed by atoms with van der Waals surface area (Å²) in [5.74, 6) is 0.471. The van der Waals surface area contributed by atoms with Crippen molar-refractivity contribution in [2.45, 2.75) is 12.8 Å². The fraction of sp³-hybridized carbons (Fsp3) is 0.214. The number of carbonyl (C=O) groups excluding carboxylic acids is 1. The van der Waals surface area contributed by atoms with Gasteiger partial charge in [0.2, 0.25) is 0 Å². The molecular weight excluding hydrogens is 214 g/mol. The van der Waals surface area contributed by atoms with E-state index in [0.29, 0.717) is 12.3 Å². The van der Waals surface area contributed by atoms with Gasteiger partial charge in [-0.05, 0) is 23.6 Å². The lowest BCUT2D eigenvalue weighted by Crippen LogP contribution is -2.27. The van der Waals surface area contributed by atoms with Gasteiger partial charge in [0, 0.05) is 6.54 Å². The third-order valence-corrected chi connectivity index (χ3v) is 2.68. The number of hydrogen-bond acceptors (Lipinski definition) is 2. The van der Waals surface area contributed by atoms with Gasteiger partial charge in [-0.1, -0.05) is 37.3 Å². The summed E-state index contributed by atoms with van der Waals surface area (Å²) in [6.07, 6.45) is 1.50. The largest absolute Gasteiger partial charge is 0.459 e. The lowest BCUT2D eigenvalue weighted by atomic mass is 10.0. The van der Waals surface area contributed by atoms with Crippen LogP contribution in [0.15, 0.2) is 53.1 Å². The van der Waals surface area contributed by atoms with Crippen molar-refractivity contribution in [2.75, 3.05) is 6.54 Å². The number of nitrogens with one attached hydrogen (secondary N) is 1. The maximum Gasteiger partial charge on any atom is 0.286 e. The Morgan fingerprint density at radius 1 is 1.24 bits per heavy atom. The van der Waals surface area contributed by atoms with Gasteiger partial charge in [-0.3, -0.25) is 4.79 Å². The molecule has 1 heterocycles. The summed E-state index contributed by atoms with van der Waals surface area (Å²) in [6, 6.07) is 13.5. The molecular formula is C14H15NO2. The molecule has 1 amide bonds. The first-order valence-corrected chi connectivity index (χ1v) is 5.64. The number of carbonyl (C=O) groups is 1. The minimum absolute atomic E-state index is 0.169. The molecule has 1 N–H and O–H groups in total. The topological polar surface area (TPSA) is 42.2 Å². The van der Waals surface area contributed by atoms with Gasteiger partial charge in [-0.25, -0.2) is 0 Å². The van der Waals surface area contributed by atoms with Gasteiger partial charge in [-0.2, -0.15) is 0 Å². The summed E-state index contributed by atoms with van der Waals surface area (Å²) in [5.41, 5.74) is 1.22. The van der Waals surface area contributed by atoms with Gasteiger partial charge in [0.1, 0.15) is 0 Å². The van der Waals surface area contributed by atoms with Crippen LogP contribution in [0.25, 0.3) is 0 Å². The summed E-state index contributed by atoms with van der Waals surface area (Å²) in [5, 5.41) is 2.85. The second-order valence-electron chi connectivity index (χ2n) is 4.00. The Hall–Kier alpha value is -2.03. The summed E-state index contributed by atoms with van der Waals surface area (Å²) in [6.45, 7) is 2.68. The molecule has 0 spiro atoms. The quantitative estimate of drug-likeness (QED) is 0.876. The Bertz CT molecular complexity index is 462. The van der Waals surface area contributed by atoms with Crippen LogP contribution in [0.5, 0.6) is 0 Å². The van der Waals surface area contributed by atoms with Crippen LogP contribution in [0.3, 0.4) is 0 Å². The van der Waals surface area contributed by atoms with E-state index in [1.54, 1.807) is 12.1 Å². The molecule has 3 nitrogen and oxygen atoms in total. The van der Waals surface area contributed by atoms with Crippen LogP contribution in [-0.2, 0) is 0 Å². The standard InChI is InChI=1S/C14H15NO2/c1-11(12-6-3-2-4-7-12)10-15-14(16)13-8-5-9-17-13/h2-9,11H,10H2,1H3,(H,15,16)/t11-/m1/s1. The molecule has 88 valence electrons. The molecule has 0 saturated heterocycles. The highest BCUT2D eigenvalue weighted by Crippen LogP contribution is 2.13. The highest BCUT2D eigenvalue weighted by molar-refractivity contribution is 5.91. The molecule has 0 aliphatic heterocycles. The fourth-order valence-electron chi connectivity index (χ4n) is 1.64. The Kier molecular flexibility index (Phi) is 3.60. The van der Waals surface area contributed by atoms with E-state index in [4.69, 9.17) is 4.42 Å². The van der Waals surface area contributed by atoms with Crippen LogP contribution in [0.2, 0.25) is 0 Å². The highest BCUT2D eigenvalue weighted by atomic mass is 16.3. The van der Waals surface area contributed by atoms with Gasteiger partial charge >= 0.3 is 0 Å². The third-order valence-electron chi connectivity index (χ3n) is 2.68. The van der Waals surface area contributed by atoms with Gasteiger partial charge in [0.25, 0.3) is 5.91 Å². The zero-order chi connectivity index (χ0) is 12.1. The zero-order valence-electron chi connectivity index (χ0n) is 9.72. The fourth-order valence-corrected chi connectivity index (χ4v) is 1.64. The van der Waals surface area contributed by atoms with E-state index >= 15 is 0 Å². The molecule has 1 aromatic heterocycles. The smallest absolute Gasteiger partial charge is 0.286 e. The van der Waals surface area contributed by atoms with Gasteiger partial charge < -0.3 is 9.73 Å². The van der Waals surface area contributed by atoms with Crippen molar-refractivity contribution < 1.29 is 9.21 Å². The Balaban J connectivity index is 1.89. The van der Waals surface area contributed by atoms with Crippen LogP contribution >= 0.6 is 0 Å². The number of amides is 1. The van der Waals surface area contributed by atoms with E-state index in [0.717, 1.165) is 0 Å². The second-order valence-corrected chi connectivity index (χ2v) is 4.00. The molecule has 2 aromatic rings. The van der Waals surface area contributed by atoms with Crippen molar-refractivity contribution in [1.82, 2.24) is 5.32 Å². The predicted octanol–water partition coefficient (Wildman–Crippen LogP) is 2.81. The third kappa shape index (κ3) is 2.97. The van der Waals surface area contributed by atoms with Crippen molar-refractivity contribution in [1.29, 1.82) is 0 Å².